The summed E-state index contributed by atoms with van der Waals surface area (Å²) in [6.07, 6.45) is 0.777. The second-order valence-corrected chi connectivity index (χ2v) is 5.09. The van der Waals surface area contributed by atoms with Crippen LogP contribution < -0.4 is 10.5 Å². The van der Waals surface area contributed by atoms with Gasteiger partial charge in [0.1, 0.15) is 5.75 Å². The van der Waals surface area contributed by atoms with Crippen LogP contribution in [0, 0.1) is 10.1 Å². The lowest BCUT2D eigenvalue weighted by atomic mass is 10.1. The lowest BCUT2D eigenvalue weighted by molar-refractivity contribution is -0.384. The molecule has 118 valence electrons. The molecule has 0 unspecified atom stereocenters. The van der Waals surface area contributed by atoms with Crippen LogP contribution in [0.5, 0.6) is 11.5 Å². The predicted octanol–water partition coefficient (Wildman–Crippen LogP) is 4.62. The number of ether oxygens (including phenoxy) is 1. The topological polar surface area (TPSA) is 78.4 Å². The summed E-state index contributed by atoms with van der Waals surface area (Å²) < 4.78 is 5.59. The molecule has 0 radical (unpaired) electrons. The van der Waals surface area contributed by atoms with Crippen LogP contribution in [0.4, 0.5) is 5.69 Å². The summed E-state index contributed by atoms with van der Waals surface area (Å²) in [6.45, 7) is 0.570. The van der Waals surface area contributed by atoms with Crippen LogP contribution in [-0.2, 0) is 6.42 Å². The number of rotatable bonds is 5. The third-order valence-corrected chi connectivity index (χ3v) is 3.33. The Morgan fingerprint density at radius 3 is 2.14 bits per heavy atom. The van der Waals surface area contributed by atoms with Gasteiger partial charge < -0.3 is 10.5 Å². The molecule has 0 atom stereocenters. The largest absolute Gasteiger partial charge is 0.454 e. The molecule has 0 aromatic heterocycles. The maximum Gasteiger partial charge on any atom is 0.272 e. The van der Waals surface area contributed by atoms with Crippen molar-refractivity contribution in [2.75, 3.05) is 6.54 Å². The molecule has 0 aliphatic rings. The van der Waals surface area contributed by atoms with Crippen molar-refractivity contribution in [2.24, 2.45) is 5.73 Å². The summed E-state index contributed by atoms with van der Waals surface area (Å²) in [5.74, 6) is 0.726. The first-order chi connectivity index (χ1) is 10.0. The predicted molar refractivity (Wildman–Crippen MR) is 89.6 cm³/mol. The molecule has 0 spiro atoms. The highest BCUT2D eigenvalue weighted by Crippen LogP contribution is 2.39. The highest BCUT2D eigenvalue weighted by Gasteiger charge is 2.16. The van der Waals surface area contributed by atoms with Gasteiger partial charge in [0.2, 0.25) is 0 Å². The minimum Gasteiger partial charge on any atom is -0.454 e. The second kappa shape index (κ2) is 8.19. The first-order valence-electron chi connectivity index (χ1n) is 6.11. The molecule has 0 amide bonds. The van der Waals surface area contributed by atoms with E-state index in [0.29, 0.717) is 12.3 Å². The number of non-ortho nitro benzene ring substituents is 1. The van der Waals surface area contributed by atoms with E-state index >= 15 is 0 Å². The molecule has 22 heavy (non-hydrogen) atoms. The number of nitrogens with zero attached hydrogens (tertiary/aromatic N) is 1. The standard InChI is InChI=1S/C14H12Cl2N2O3.ClH/c15-12-7-10(18(19)20)8-13(16)14(12)21-11-3-1-9(2-4-11)5-6-17;/h1-4,7-8H,5-6,17H2;1H. The van der Waals surface area contributed by atoms with E-state index in [9.17, 15) is 10.1 Å². The van der Waals surface area contributed by atoms with Crippen molar-refractivity contribution >= 4 is 41.3 Å². The minimum absolute atomic E-state index is 0. The summed E-state index contributed by atoms with van der Waals surface area (Å²) in [5.41, 5.74) is 6.38. The summed E-state index contributed by atoms with van der Waals surface area (Å²) >= 11 is 12.0. The molecule has 0 saturated carbocycles. The van der Waals surface area contributed by atoms with Gasteiger partial charge in [-0.05, 0) is 30.7 Å². The Morgan fingerprint density at radius 1 is 1.14 bits per heavy atom. The second-order valence-electron chi connectivity index (χ2n) is 4.28. The lowest BCUT2D eigenvalue weighted by Crippen LogP contribution is -2.02. The van der Waals surface area contributed by atoms with Gasteiger partial charge in [0, 0.05) is 12.1 Å². The van der Waals surface area contributed by atoms with Crippen LogP contribution in [0.1, 0.15) is 5.56 Å². The number of nitrogens with two attached hydrogens (primary N) is 1. The van der Waals surface area contributed by atoms with E-state index in [-0.39, 0.29) is 33.9 Å². The number of hydrogen-bond donors (Lipinski definition) is 1. The third-order valence-electron chi connectivity index (χ3n) is 2.77. The summed E-state index contributed by atoms with van der Waals surface area (Å²) in [4.78, 5) is 10.1. The Balaban J connectivity index is 0.00000242. The lowest BCUT2D eigenvalue weighted by Gasteiger charge is -2.10. The summed E-state index contributed by atoms with van der Waals surface area (Å²) in [7, 11) is 0. The molecule has 2 aromatic carbocycles. The molecule has 5 nitrogen and oxygen atoms in total. The first-order valence-corrected chi connectivity index (χ1v) is 6.87. The van der Waals surface area contributed by atoms with Crippen LogP contribution in [0.2, 0.25) is 10.0 Å². The Kier molecular flexibility index (Phi) is 6.90. The summed E-state index contributed by atoms with van der Waals surface area (Å²) in [5, 5.41) is 10.9. The average Bonchev–Trinajstić information content (AvgIpc) is 2.44. The number of hydrogen-bond acceptors (Lipinski definition) is 4. The summed E-state index contributed by atoms with van der Waals surface area (Å²) in [6, 6.07) is 9.69. The van der Waals surface area contributed by atoms with E-state index in [2.05, 4.69) is 0 Å². The van der Waals surface area contributed by atoms with E-state index < -0.39 is 4.92 Å². The van der Waals surface area contributed by atoms with Gasteiger partial charge in [-0.1, -0.05) is 35.3 Å². The van der Waals surface area contributed by atoms with Crippen LogP contribution in [0.3, 0.4) is 0 Å². The molecule has 2 N–H and O–H groups in total. The SMILES string of the molecule is Cl.NCCc1ccc(Oc2c(Cl)cc([N+](=O)[O-])cc2Cl)cc1. The number of benzene rings is 2. The molecule has 2 aromatic rings. The van der Waals surface area contributed by atoms with Crippen molar-refractivity contribution in [1.29, 1.82) is 0 Å². The average molecular weight is 364 g/mol. The van der Waals surface area contributed by atoms with Gasteiger partial charge in [-0.3, -0.25) is 10.1 Å². The third kappa shape index (κ3) is 4.48. The van der Waals surface area contributed by atoms with Gasteiger partial charge in [-0.15, -0.1) is 12.4 Å². The first kappa shape index (κ1) is 18.5. The van der Waals surface area contributed by atoms with Gasteiger partial charge in [-0.2, -0.15) is 0 Å². The fourth-order valence-corrected chi connectivity index (χ4v) is 2.31. The number of nitro groups is 1. The van der Waals surface area contributed by atoms with Crippen molar-refractivity contribution in [3.63, 3.8) is 0 Å². The maximum atomic E-state index is 10.7. The van der Waals surface area contributed by atoms with Crippen LogP contribution in [0.25, 0.3) is 0 Å². The number of nitro benzene ring substituents is 1. The zero-order chi connectivity index (χ0) is 15.4. The van der Waals surface area contributed by atoms with Gasteiger partial charge in [-0.25, -0.2) is 0 Å². The highest BCUT2D eigenvalue weighted by atomic mass is 35.5. The van der Waals surface area contributed by atoms with E-state index in [1.165, 1.54) is 12.1 Å². The van der Waals surface area contributed by atoms with Gasteiger partial charge in [0.05, 0.1) is 15.0 Å². The zero-order valence-corrected chi connectivity index (χ0v) is 13.6. The Hall–Kier alpha value is -1.53. The Labute approximate surface area is 143 Å². The van der Waals surface area contributed by atoms with Crippen molar-refractivity contribution in [1.82, 2.24) is 0 Å². The number of halogens is 3. The minimum atomic E-state index is -0.566. The van der Waals surface area contributed by atoms with Crippen molar-refractivity contribution in [2.45, 2.75) is 6.42 Å². The maximum absolute atomic E-state index is 10.7. The smallest absolute Gasteiger partial charge is 0.272 e. The molecule has 8 heteroatoms. The van der Waals surface area contributed by atoms with Crippen LogP contribution in [-0.4, -0.2) is 11.5 Å². The molecule has 0 heterocycles. The fraction of sp³-hybridized carbons (Fsp3) is 0.143. The van der Waals surface area contributed by atoms with Crippen molar-refractivity contribution in [3.05, 3.63) is 62.1 Å². The Morgan fingerprint density at radius 2 is 1.68 bits per heavy atom. The molecule has 0 aliphatic heterocycles. The molecule has 0 fully saturated rings. The molecule has 2 rings (SSSR count). The zero-order valence-electron chi connectivity index (χ0n) is 11.3. The van der Waals surface area contributed by atoms with E-state index in [4.69, 9.17) is 33.7 Å². The quantitative estimate of drug-likeness (QED) is 0.621. The molecule has 0 saturated heterocycles. The van der Waals surface area contributed by atoms with Crippen LogP contribution >= 0.6 is 35.6 Å². The fourth-order valence-electron chi connectivity index (χ4n) is 1.76. The van der Waals surface area contributed by atoms with Crippen LogP contribution in [0.15, 0.2) is 36.4 Å². The Bertz CT molecular complexity index is 640. The van der Waals surface area contributed by atoms with E-state index in [1.54, 1.807) is 12.1 Å². The molecular weight excluding hydrogens is 351 g/mol. The van der Waals surface area contributed by atoms with Gasteiger partial charge in [0.15, 0.2) is 5.75 Å². The normalized spacial score (nSPS) is 9.95. The van der Waals surface area contributed by atoms with E-state index in [0.717, 1.165) is 12.0 Å². The van der Waals surface area contributed by atoms with Crippen molar-refractivity contribution < 1.29 is 9.66 Å². The molecule has 0 bridgehead atoms. The molecule has 0 aliphatic carbocycles. The van der Waals surface area contributed by atoms with Gasteiger partial charge >= 0.3 is 0 Å². The van der Waals surface area contributed by atoms with Gasteiger partial charge in [0.25, 0.3) is 5.69 Å². The van der Waals surface area contributed by atoms with Crippen molar-refractivity contribution in [3.8, 4) is 11.5 Å². The monoisotopic (exact) mass is 362 g/mol. The van der Waals surface area contributed by atoms with E-state index in [1.807, 2.05) is 12.1 Å². The highest BCUT2D eigenvalue weighted by molar-refractivity contribution is 6.37. The molecular formula is C14H13Cl3N2O3.